The van der Waals surface area contributed by atoms with Gasteiger partial charge in [0.15, 0.2) is 6.10 Å². The zero-order valence-corrected chi connectivity index (χ0v) is 9.47. The highest BCUT2D eigenvalue weighted by Crippen LogP contribution is 1.94. The summed E-state index contributed by atoms with van der Waals surface area (Å²) in [6.07, 6.45) is -0.966. The van der Waals surface area contributed by atoms with Crippen LogP contribution in [-0.4, -0.2) is 55.4 Å². The van der Waals surface area contributed by atoms with Crippen molar-refractivity contribution in [3.63, 3.8) is 0 Å². The largest absolute Gasteiger partial charge is 0.461 e. The molecule has 0 aliphatic carbocycles. The Morgan fingerprint density at radius 3 is 2.47 bits per heavy atom. The summed E-state index contributed by atoms with van der Waals surface area (Å²) < 4.78 is 9.31. The Kier molecular flexibility index (Phi) is 7.65. The highest BCUT2D eigenvalue weighted by atomic mass is 16.6. The maximum atomic E-state index is 11.1. The summed E-state index contributed by atoms with van der Waals surface area (Å²) in [6, 6.07) is 0. The number of hydrogen-bond acceptors (Lipinski definition) is 7. The lowest BCUT2D eigenvalue weighted by atomic mass is 10.4. The molecule has 0 rings (SSSR count). The van der Waals surface area contributed by atoms with Crippen LogP contribution in [0.25, 0.3) is 0 Å². The predicted molar refractivity (Wildman–Crippen MR) is 55.7 cm³/mol. The second kappa shape index (κ2) is 8.48. The van der Waals surface area contributed by atoms with Crippen LogP contribution in [0.3, 0.4) is 0 Å². The van der Waals surface area contributed by atoms with Gasteiger partial charge in [-0.15, -0.1) is 0 Å². The van der Waals surface area contributed by atoms with Crippen molar-refractivity contribution >= 4 is 17.8 Å². The van der Waals surface area contributed by atoms with Gasteiger partial charge in [-0.3, -0.25) is 14.4 Å². The quantitative estimate of drug-likeness (QED) is 0.426. The Morgan fingerprint density at radius 1 is 1.35 bits per heavy atom. The van der Waals surface area contributed by atoms with E-state index in [1.165, 1.54) is 6.92 Å². The van der Waals surface area contributed by atoms with Gasteiger partial charge in [0.05, 0.1) is 13.2 Å². The van der Waals surface area contributed by atoms with Gasteiger partial charge in [0.25, 0.3) is 0 Å². The summed E-state index contributed by atoms with van der Waals surface area (Å²) in [5.41, 5.74) is 4.99. The van der Waals surface area contributed by atoms with E-state index in [2.05, 4.69) is 10.1 Å². The van der Waals surface area contributed by atoms with Crippen LogP contribution in [0.4, 0.5) is 0 Å². The van der Waals surface area contributed by atoms with Crippen LogP contribution in [0.5, 0.6) is 0 Å². The van der Waals surface area contributed by atoms with Gasteiger partial charge in [-0.1, -0.05) is 0 Å². The van der Waals surface area contributed by atoms with E-state index in [9.17, 15) is 14.4 Å². The first-order chi connectivity index (χ1) is 7.99. The van der Waals surface area contributed by atoms with Crippen molar-refractivity contribution in [2.45, 2.75) is 13.0 Å². The van der Waals surface area contributed by atoms with Crippen LogP contribution in [0, 0.1) is 0 Å². The van der Waals surface area contributed by atoms with Crippen LogP contribution >= 0.6 is 0 Å². The normalized spacial score (nSPS) is 11.5. The van der Waals surface area contributed by atoms with Crippen LogP contribution in [0.15, 0.2) is 0 Å². The summed E-state index contributed by atoms with van der Waals surface area (Å²) in [6.45, 7) is -0.128. The second-order valence-electron chi connectivity index (χ2n) is 3.09. The van der Waals surface area contributed by atoms with Gasteiger partial charge < -0.3 is 25.6 Å². The number of aliphatic hydroxyl groups excluding tert-OH is 1. The van der Waals surface area contributed by atoms with Gasteiger partial charge in [0, 0.05) is 6.92 Å². The molecule has 0 aliphatic rings. The van der Waals surface area contributed by atoms with Crippen LogP contribution in [0.2, 0.25) is 0 Å². The molecule has 4 N–H and O–H groups in total. The van der Waals surface area contributed by atoms with Crippen molar-refractivity contribution in [1.82, 2.24) is 5.32 Å². The van der Waals surface area contributed by atoms with E-state index in [0.717, 1.165) is 0 Å². The second-order valence-corrected chi connectivity index (χ2v) is 3.09. The number of ether oxygens (including phenoxy) is 2. The SMILES string of the molecule is CC(=O)NCC(=O)OC(CO)COC(=O)CN. The van der Waals surface area contributed by atoms with E-state index in [4.69, 9.17) is 15.6 Å². The third kappa shape index (κ3) is 8.17. The highest BCUT2D eigenvalue weighted by Gasteiger charge is 2.15. The number of rotatable bonds is 7. The zero-order chi connectivity index (χ0) is 13.3. The number of hydrogen-bond donors (Lipinski definition) is 3. The Bertz CT molecular complexity index is 281. The Balaban J connectivity index is 3.91. The maximum Gasteiger partial charge on any atom is 0.325 e. The fraction of sp³-hybridized carbons (Fsp3) is 0.667. The first kappa shape index (κ1) is 15.3. The predicted octanol–water partition coefficient (Wildman–Crippen LogP) is -2.47. The van der Waals surface area contributed by atoms with E-state index in [0.29, 0.717) is 0 Å². The lowest BCUT2D eigenvalue weighted by Gasteiger charge is -2.15. The van der Waals surface area contributed by atoms with Gasteiger partial charge in [-0.25, -0.2) is 0 Å². The summed E-state index contributed by atoms with van der Waals surface area (Å²) in [4.78, 5) is 32.3. The maximum absolute atomic E-state index is 11.1. The van der Waals surface area contributed by atoms with Gasteiger partial charge >= 0.3 is 11.9 Å². The molecule has 0 saturated carbocycles. The number of amides is 1. The molecule has 0 heterocycles. The minimum absolute atomic E-state index is 0.279. The Morgan fingerprint density at radius 2 is 2.00 bits per heavy atom. The summed E-state index contributed by atoms with van der Waals surface area (Å²) >= 11 is 0. The molecule has 0 spiro atoms. The van der Waals surface area contributed by atoms with Crippen molar-refractivity contribution in [3.8, 4) is 0 Å². The molecule has 0 bridgehead atoms. The van der Waals surface area contributed by atoms with E-state index in [1.54, 1.807) is 0 Å². The third-order valence-corrected chi connectivity index (χ3v) is 1.58. The van der Waals surface area contributed by atoms with Crippen molar-refractivity contribution in [2.24, 2.45) is 5.73 Å². The number of esters is 2. The van der Waals surface area contributed by atoms with Gasteiger partial charge in [0.1, 0.15) is 13.2 Å². The van der Waals surface area contributed by atoms with Crippen LogP contribution in [-0.2, 0) is 23.9 Å². The van der Waals surface area contributed by atoms with Crippen molar-refractivity contribution in [3.05, 3.63) is 0 Å². The lowest BCUT2D eigenvalue weighted by molar-refractivity contribution is -0.160. The molecular weight excluding hydrogens is 232 g/mol. The van der Waals surface area contributed by atoms with Crippen molar-refractivity contribution in [1.29, 1.82) is 0 Å². The van der Waals surface area contributed by atoms with Gasteiger partial charge in [-0.2, -0.15) is 0 Å². The lowest BCUT2D eigenvalue weighted by Crippen LogP contribution is -2.35. The van der Waals surface area contributed by atoms with Crippen LogP contribution in [0.1, 0.15) is 6.92 Å². The number of nitrogens with two attached hydrogens (primary N) is 1. The summed E-state index contributed by atoms with van der Waals surface area (Å²) in [5, 5.41) is 11.1. The first-order valence-electron chi connectivity index (χ1n) is 4.90. The van der Waals surface area contributed by atoms with Gasteiger partial charge in [0.2, 0.25) is 5.91 Å². The molecule has 0 aromatic rings. The minimum Gasteiger partial charge on any atom is -0.461 e. The molecule has 1 atom stereocenters. The molecule has 0 saturated heterocycles. The standard InChI is InChI=1S/C9H16N2O6/c1-6(13)11-3-9(15)17-7(4-12)5-16-8(14)2-10/h7,12H,2-5,10H2,1H3,(H,11,13). The van der Waals surface area contributed by atoms with Crippen molar-refractivity contribution in [2.75, 3.05) is 26.3 Å². The Labute approximate surface area is 98.1 Å². The van der Waals surface area contributed by atoms with E-state index in [-0.39, 0.29) is 25.6 Å². The fourth-order valence-electron chi connectivity index (χ4n) is 0.793. The van der Waals surface area contributed by atoms with Crippen LogP contribution < -0.4 is 11.1 Å². The van der Waals surface area contributed by atoms with Crippen molar-refractivity contribution < 1.29 is 29.0 Å². The smallest absolute Gasteiger partial charge is 0.325 e. The third-order valence-electron chi connectivity index (χ3n) is 1.58. The molecule has 0 aliphatic heterocycles. The van der Waals surface area contributed by atoms with E-state index >= 15 is 0 Å². The average molecular weight is 248 g/mol. The Hall–Kier alpha value is -1.67. The minimum atomic E-state index is -0.966. The molecule has 17 heavy (non-hydrogen) atoms. The molecular formula is C9H16N2O6. The first-order valence-corrected chi connectivity index (χ1v) is 4.90. The molecule has 98 valence electrons. The summed E-state index contributed by atoms with van der Waals surface area (Å²) in [7, 11) is 0. The molecule has 0 radical (unpaired) electrons. The molecule has 0 aromatic heterocycles. The molecule has 8 heteroatoms. The number of aliphatic hydroxyl groups is 1. The average Bonchev–Trinajstić information content (AvgIpc) is 2.31. The van der Waals surface area contributed by atoms with E-state index < -0.39 is 24.6 Å². The fourth-order valence-corrected chi connectivity index (χ4v) is 0.793. The molecule has 1 unspecified atom stereocenters. The topological polar surface area (TPSA) is 128 Å². The van der Waals surface area contributed by atoms with E-state index in [1.807, 2.05) is 0 Å². The molecule has 0 aromatic carbocycles. The number of carbonyl (C=O) groups is 3. The summed E-state index contributed by atoms with van der Waals surface area (Å²) in [5.74, 6) is -1.78. The van der Waals surface area contributed by atoms with Gasteiger partial charge in [-0.05, 0) is 0 Å². The number of carbonyl (C=O) groups excluding carboxylic acids is 3. The zero-order valence-electron chi connectivity index (χ0n) is 9.47. The molecule has 1 amide bonds. The highest BCUT2D eigenvalue weighted by molar-refractivity contribution is 5.80. The monoisotopic (exact) mass is 248 g/mol. The molecule has 8 nitrogen and oxygen atoms in total. The number of nitrogens with one attached hydrogen (secondary N) is 1. The molecule has 0 fully saturated rings.